The predicted molar refractivity (Wildman–Crippen MR) is 107 cm³/mol. The number of amides is 1. The molecule has 1 aromatic carbocycles. The van der Waals surface area contributed by atoms with Crippen LogP contribution in [0.15, 0.2) is 24.3 Å². The lowest BCUT2D eigenvalue weighted by atomic mass is 9.84. The number of rotatable bonds is 5. The Balaban J connectivity index is 1.22. The largest absolute Gasteiger partial charge is 0.496 e. The summed E-state index contributed by atoms with van der Waals surface area (Å²) in [7, 11) is 1.75. The number of carbonyl (C=O) groups excluding carboxylic acids is 1. The molecule has 0 spiro atoms. The summed E-state index contributed by atoms with van der Waals surface area (Å²) in [6, 6.07) is 8.99. The van der Waals surface area contributed by atoms with E-state index in [1.807, 2.05) is 12.1 Å². The average molecular weight is 372 g/mol. The average Bonchev–Trinajstić information content (AvgIpc) is 2.68. The van der Waals surface area contributed by atoms with Crippen molar-refractivity contribution in [2.75, 3.05) is 46.4 Å². The number of piperazine rings is 1. The highest BCUT2D eigenvalue weighted by atomic mass is 16.5. The van der Waals surface area contributed by atoms with Gasteiger partial charge >= 0.3 is 0 Å². The first kappa shape index (κ1) is 18.8. The molecule has 2 saturated heterocycles. The quantitative estimate of drug-likeness (QED) is 0.797. The van der Waals surface area contributed by atoms with Crippen LogP contribution in [0.3, 0.4) is 0 Å². The van der Waals surface area contributed by atoms with Crippen molar-refractivity contribution in [2.45, 2.75) is 44.7 Å². The molecule has 1 saturated carbocycles. The smallest absolute Gasteiger partial charge is 0.225 e. The number of benzene rings is 1. The molecule has 2 heterocycles. The standard InChI is InChI=1S/C22H33N3O2/c1-27-21-8-3-2-5-19(21)17-23-13-15-24(16-14-23)20-9-11-25(12-10-20)22(26)18-6-4-7-18/h2-3,5,8,18,20H,4,6-7,9-17H2,1H3. The molecule has 0 atom stereocenters. The highest BCUT2D eigenvalue weighted by Crippen LogP contribution is 2.30. The second kappa shape index (κ2) is 8.61. The molecule has 1 amide bonds. The Morgan fingerprint density at radius 2 is 1.70 bits per heavy atom. The molecular formula is C22H33N3O2. The van der Waals surface area contributed by atoms with Gasteiger partial charge in [-0.15, -0.1) is 0 Å². The molecule has 1 aromatic rings. The lowest BCUT2D eigenvalue weighted by Crippen LogP contribution is -2.54. The van der Waals surface area contributed by atoms with Crippen LogP contribution in [0.2, 0.25) is 0 Å². The molecule has 0 unspecified atom stereocenters. The fraction of sp³-hybridized carbons (Fsp3) is 0.682. The summed E-state index contributed by atoms with van der Waals surface area (Å²) >= 11 is 0. The lowest BCUT2D eigenvalue weighted by molar-refractivity contribution is -0.139. The van der Waals surface area contributed by atoms with E-state index in [0.717, 1.165) is 77.2 Å². The number of carbonyl (C=O) groups is 1. The van der Waals surface area contributed by atoms with Crippen LogP contribution in [-0.2, 0) is 11.3 Å². The highest BCUT2D eigenvalue weighted by Gasteiger charge is 2.33. The molecule has 1 aliphatic carbocycles. The third-order valence-electron chi connectivity index (χ3n) is 6.74. The maximum Gasteiger partial charge on any atom is 0.225 e. The van der Waals surface area contributed by atoms with Crippen molar-refractivity contribution in [1.82, 2.24) is 14.7 Å². The topological polar surface area (TPSA) is 36.0 Å². The highest BCUT2D eigenvalue weighted by molar-refractivity contribution is 5.79. The van der Waals surface area contributed by atoms with Gasteiger partial charge in [0.05, 0.1) is 7.11 Å². The summed E-state index contributed by atoms with van der Waals surface area (Å²) < 4.78 is 5.49. The summed E-state index contributed by atoms with van der Waals surface area (Å²) in [5.74, 6) is 1.77. The van der Waals surface area contributed by atoms with Gasteiger partial charge in [0, 0.05) is 63.3 Å². The van der Waals surface area contributed by atoms with Crippen LogP contribution in [0.25, 0.3) is 0 Å². The van der Waals surface area contributed by atoms with Crippen LogP contribution in [0.5, 0.6) is 5.75 Å². The monoisotopic (exact) mass is 371 g/mol. The molecule has 148 valence electrons. The number of likely N-dealkylation sites (tertiary alicyclic amines) is 1. The van der Waals surface area contributed by atoms with Gasteiger partial charge in [0.2, 0.25) is 5.91 Å². The molecule has 0 N–H and O–H groups in total. The molecular weight excluding hydrogens is 338 g/mol. The number of hydrogen-bond acceptors (Lipinski definition) is 4. The first-order valence-corrected chi connectivity index (χ1v) is 10.6. The van der Waals surface area contributed by atoms with Crippen LogP contribution in [0, 0.1) is 5.92 Å². The molecule has 5 nitrogen and oxygen atoms in total. The lowest BCUT2D eigenvalue weighted by Gasteiger charge is -2.43. The Morgan fingerprint density at radius 1 is 1.00 bits per heavy atom. The Bertz CT molecular complexity index is 630. The fourth-order valence-corrected chi connectivity index (χ4v) is 4.73. The number of para-hydroxylation sites is 1. The third kappa shape index (κ3) is 4.30. The first-order valence-electron chi connectivity index (χ1n) is 10.6. The number of piperidine rings is 1. The minimum absolute atomic E-state index is 0.347. The molecule has 3 fully saturated rings. The predicted octanol–water partition coefficient (Wildman–Crippen LogP) is 2.60. The Morgan fingerprint density at radius 3 is 2.33 bits per heavy atom. The number of nitrogens with zero attached hydrogens (tertiary/aromatic N) is 3. The van der Waals surface area contributed by atoms with Crippen molar-refractivity contribution in [1.29, 1.82) is 0 Å². The minimum Gasteiger partial charge on any atom is -0.496 e. The SMILES string of the molecule is COc1ccccc1CN1CCN(C2CCN(C(=O)C3CCC3)CC2)CC1. The van der Waals surface area contributed by atoms with Gasteiger partial charge in [-0.3, -0.25) is 14.6 Å². The summed E-state index contributed by atoms with van der Waals surface area (Å²) in [5.41, 5.74) is 1.27. The van der Waals surface area contributed by atoms with Crippen LogP contribution in [0.1, 0.15) is 37.7 Å². The van der Waals surface area contributed by atoms with Crippen molar-refractivity contribution in [3.63, 3.8) is 0 Å². The summed E-state index contributed by atoms with van der Waals surface area (Å²) in [4.78, 5) is 19.8. The molecule has 0 bridgehead atoms. The van der Waals surface area contributed by atoms with Crippen molar-refractivity contribution >= 4 is 5.91 Å². The van der Waals surface area contributed by atoms with Gasteiger partial charge in [-0.25, -0.2) is 0 Å². The number of hydrogen-bond donors (Lipinski definition) is 0. The van der Waals surface area contributed by atoms with E-state index in [1.165, 1.54) is 12.0 Å². The van der Waals surface area contributed by atoms with E-state index in [9.17, 15) is 4.79 Å². The Kier molecular flexibility index (Phi) is 5.98. The number of methoxy groups -OCH3 is 1. The zero-order valence-corrected chi connectivity index (χ0v) is 16.6. The first-order chi connectivity index (χ1) is 13.2. The Labute approximate surface area is 163 Å². The second-order valence-corrected chi connectivity index (χ2v) is 8.31. The summed E-state index contributed by atoms with van der Waals surface area (Å²) in [6.45, 7) is 7.38. The van der Waals surface area contributed by atoms with E-state index < -0.39 is 0 Å². The fourth-order valence-electron chi connectivity index (χ4n) is 4.73. The van der Waals surface area contributed by atoms with Gasteiger partial charge in [0.15, 0.2) is 0 Å². The van der Waals surface area contributed by atoms with E-state index in [-0.39, 0.29) is 0 Å². The summed E-state index contributed by atoms with van der Waals surface area (Å²) in [5, 5.41) is 0. The molecule has 4 rings (SSSR count). The van der Waals surface area contributed by atoms with E-state index in [2.05, 4.69) is 26.8 Å². The zero-order chi connectivity index (χ0) is 18.6. The van der Waals surface area contributed by atoms with Crippen LogP contribution < -0.4 is 4.74 Å². The van der Waals surface area contributed by atoms with Crippen molar-refractivity contribution < 1.29 is 9.53 Å². The molecule has 0 radical (unpaired) electrons. The maximum absolute atomic E-state index is 12.4. The van der Waals surface area contributed by atoms with Crippen molar-refractivity contribution in [3.05, 3.63) is 29.8 Å². The third-order valence-corrected chi connectivity index (χ3v) is 6.74. The van der Waals surface area contributed by atoms with E-state index >= 15 is 0 Å². The summed E-state index contributed by atoms with van der Waals surface area (Å²) in [6.07, 6.45) is 5.77. The van der Waals surface area contributed by atoms with Crippen molar-refractivity contribution in [3.8, 4) is 5.75 Å². The van der Waals surface area contributed by atoms with E-state index in [1.54, 1.807) is 7.11 Å². The molecule has 27 heavy (non-hydrogen) atoms. The Hall–Kier alpha value is -1.59. The van der Waals surface area contributed by atoms with Gasteiger partial charge in [0.1, 0.15) is 5.75 Å². The molecule has 3 aliphatic rings. The van der Waals surface area contributed by atoms with Crippen LogP contribution >= 0.6 is 0 Å². The molecule has 0 aromatic heterocycles. The minimum atomic E-state index is 0.347. The number of ether oxygens (including phenoxy) is 1. The van der Waals surface area contributed by atoms with Gasteiger partial charge in [-0.05, 0) is 31.7 Å². The second-order valence-electron chi connectivity index (χ2n) is 8.31. The van der Waals surface area contributed by atoms with Gasteiger partial charge < -0.3 is 9.64 Å². The van der Waals surface area contributed by atoms with E-state index in [4.69, 9.17) is 4.74 Å². The molecule has 5 heteroatoms. The van der Waals surface area contributed by atoms with E-state index in [0.29, 0.717) is 17.9 Å². The van der Waals surface area contributed by atoms with Gasteiger partial charge in [-0.1, -0.05) is 24.6 Å². The van der Waals surface area contributed by atoms with Crippen LogP contribution in [0.4, 0.5) is 0 Å². The van der Waals surface area contributed by atoms with Crippen LogP contribution in [-0.4, -0.2) is 73.0 Å². The zero-order valence-electron chi connectivity index (χ0n) is 16.6. The van der Waals surface area contributed by atoms with Gasteiger partial charge in [-0.2, -0.15) is 0 Å². The van der Waals surface area contributed by atoms with Crippen molar-refractivity contribution in [2.24, 2.45) is 5.92 Å². The maximum atomic E-state index is 12.4. The van der Waals surface area contributed by atoms with Gasteiger partial charge in [0.25, 0.3) is 0 Å². The normalized spacial score (nSPS) is 23.2. The molecule has 2 aliphatic heterocycles.